The molecular weight excluding hydrogens is 312 g/mol. The summed E-state index contributed by atoms with van der Waals surface area (Å²) in [6.07, 6.45) is 4.73. The lowest BCUT2D eigenvalue weighted by Crippen LogP contribution is -2.39. The Labute approximate surface area is 149 Å². The highest BCUT2D eigenvalue weighted by molar-refractivity contribution is 5.83. The van der Waals surface area contributed by atoms with Crippen LogP contribution in [0.2, 0.25) is 0 Å². The maximum absolute atomic E-state index is 12.8. The third kappa shape index (κ3) is 3.08. The van der Waals surface area contributed by atoms with Crippen LogP contribution in [0.3, 0.4) is 0 Å². The minimum absolute atomic E-state index is 0.188. The van der Waals surface area contributed by atoms with Gasteiger partial charge in [0, 0.05) is 32.0 Å². The summed E-state index contributed by atoms with van der Waals surface area (Å²) >= 11 is 0. The van der Waals surface area contributed by atoms with Gasteiger partial charge in [0.1, 0.15) is 12.2 Å². The number of aryl methyl sites for hydroxylation is 3. The third-order valence-corrected chi connectivity index (χ3v) is 5.98. The van der Waals surface area contributed by atoms with E-state index in [0.29, 0.717) is 17.7 Å². The Kier molecular flexibility index (Phi) is 4.10. The molecule has 2 aromatic rings. The molecule has 0 spiro atoms. The van der Waals surface area contributed by atoms with Crippen LogP contribution in [0.5, 0.6) is 0 Å². The van der Waals surface area contributed by atoms with Gasteiger partial charge in [-0.3, -0.25) is 4.79 Å². The van der Waals surface area contributed by atoms with Crippen molar-refractivity contribution in [3.8, 4) is 0 Å². The molecule has 2 aliphatic rings. The largest absolute Gasteiger partial charge is 0.342 e. The van der Waals surface area contributed by atoms with E-state index in [0.717, 1.165) is 38.2 Å². The maximum Gasteiger partial charge on any atom is 0.226 e. The zero-order valence-corrected chi connectivity index (χ0v) is 15.3. The number of amides is 1. The molecule has 1 saturated heterocycles. The monoisotopic (exact) mass is 338 g/mol. The lowest BCUT2D eigenvalue weighted by atomic mass is 9.95. The summed E-state index contributed by atoms with van der Waals surface area (Å²) in [4.78, 5) is 14.9. The summed E-state index contributed by atoms with van der Waals surface area (Å²) in [5.74, 6) is 2.43. The Hall–Kier alpha value is -2.17. The highest BCUT2D eigenvalue weighted by Crippen LogP contribution is 2.49. The molecule has 2 fully saturated rings. The summed E-state index contributed by atoms with van der Waals surface area (Å²) in [5.41, 5.74) is 3.97. The maximum atomic E-state index is 12.8. The lowest BCUT2D eigenvalue weighted by molar-refractivity contribution is -0.133. The molecule has 0 radical (unpaired) electrons. The second kappa shape index (κ2) is 6.28. The van der Waals surface area contributed by atoms with E-state index >= 15 is 0 Å². The summed E-state index contributed by atoms with van der Waals surface area (Å²) in [7, 11) is 1.99. The van der Waals surface area contributed by atoms with Crippen LogP contribution in [0.15, 0.2) is 24.5 Å². The van der Waals surface area contributed by atoms with Crippen LogP contribution in [0.25, 0.3) is 0 Å². The summed E-state index contributed by atoms with van der Waals surface area (Å²) in [5, 5.41) is 8.21. The predicted octanol–water partition coefficient (Wildman–Crippen LogP) is 2.94. The Balaban J connectivity index is 1.35. The minimum Gasteiger partial charge on any atom is -0.342 e. The second-order valence-corrected chi connectivity index (χ2v) is 7.69. The van der Waals surface area contributed by atoms with E-state index in [9.17, 15) is 4.79 Å². The smallest absolute Gasteiger partial charge is 0.226 e. The molecule has 1 aromatic carbocycles. The van der Waals surface area contributed by atoms with Crippen LogP contribution in [0.4, 0.5) is 0 Å². The Morgan fingerprint density at radius 3 is 2.56 bits per heavy atom. The molecular formula is C20H26N4O. The van der Waals surface area contributed by atoms with Gasteiger partial charge in [-0.2, -0.15) is 0 Å². The average molecular weight is 338 g/mol. The lowest BCUT2D eigenvalue weighted by Gasteiger charge is -2.31. The number of likely N-dealkylation sites (tertiary alicyclic amines) is 1. The molecule has 0 N–H and O–H groups in total. The van der Waals surface area contributed by atoms with E-state index in [2.05, 4.69) is 47.1 Å². The molecule has 1 aliphatic heterocycles. The molecule has 1 aliphatic carbocycles. The number of aromatic nitrogens is 3. The van der Waals surface area contributed by atoms with Crippen molar-refractivity contribution in [2.75, 3.05) is 13.1 Å². The van der Waals surface area contributed by atoms with Crippen molar-refractivity contribution in [1.29, 1.82) is 0 Å². The Bertz CT molecular complexity index is 789. The number of benzene rings is 1. The summed E-state index contributed by atoms with van der Waals surface area (Å²) in [6, 6.07) is 6.63. The van der Waals surface area contributed by atoms with Crippen LogP contribution in [0.1, 0.15) is 53.6 Å². The van der Waals surface area contributed by atoms with E-state index in [1.54, 1.807) is 6.33 Å². The first-order valence-corrected chi connectivity index (χ1v) is 9.24. The van der Waals surface area contributed by atoms with Crippen molar-refractivity contribution in [2.24, 2.45) is 13.0 Å². The fraction of sp³-hybridized carbons (Fsp3) is 0.550. The number of hydrogen-bond donors (Lipinski definition) is 0. The van der Waals surface area contributed by atoms with Crippen molar-refractivity contribution >= 4 is 5.91 Å². The van der Waals surface area contributed by atoms with Gasteiger partial charge in [-0.15, -0.1) is 10.2 Å². The van der Waals surface area contributed by atoms with E-state index < -0.39 is 0 Å². The van der Waals surface area contributed by atoms with Gasteiger partial charge in [0.15, 0.2) is 0 Å². The molecule has 132 valence electrons. The van der Waals surface area contributed by atoms with Gasteiger partial charge >= 0.3 is 0 Å². The molecule has 25 heavy (non-hydrogen) atoms. The third-order valence-electron chi connectivity index (χ3n) is 5.98. The van der Waals surface area contributed by atoms with Gasteiger partial charge in [0.05, 0.1) is 0 Å². The highest BCUT2D eigenvalue weighted by atomic mass is 16.2. The predicted molar refractivity (Wildman–Crippen MR) is 96.3 cm³/mol. The van der Waals surface area contributed by atoms with Crippen molar-refractivity contribution in [3.63, 3.8) is 0 Å². The van der Waals surface area contributed by atoms with Crippen molar-refractivity contribution < 1.29 is 4.79 Å². The molecule has 2 atom stereocenters. The van der Waals surface area contributed by atoms with Gasteiger partial charge in [-0.05, 0) is 55.7 Å². The van der Waals surface area contributed by atoms with Crippen LogP contribution >= 0.6 is 0 Å². The van der Waals surface area contributed by atoms with Crippen molar-refractivity contribution in [2.45, 2.75) is 44.9 Å². The molecule has 1 amide bonds. The molecule has 5 nitrogen and oxygen atoms in total. The number of carbonyl (C=O) groups excluding carboxylic acids is 1. The quantitative estimate of drug-likeness (QED) is 0.864. The normalized spacial score (nSPS) is 23.7. The molecule has 4 rings (SSSR count). The number of carbonyl (C=O) groups is 1. The number of rotatable bonds is 3. The van der Waals surface area contributed by atoms with Crippen LogP contribution < -0.4 is 0 Å². The Morgan fingerprint density at radius 1 is 1.16 bits per heavy atom. The van der Waals surface area contributed by atoms with E-state index in [1.165, 1.54) is 16.7 Å². The number of piperidine rings is 1. The fourth-order valence-electron chi connectivity index (χ4n) is 4.09. The van der Waals surface area contributed by atoms with E-state index in [1.807, 2.05) is 11.6 Å². The SMILES string of the molecule is Cc1ccc([C@H]2C[C@@H]2C(=O)N2CCC(c3nncn3C)CC2)cc1C. The minimum atomic E-state index is 0.188. The first-order valence-electron chi connectivity index (χ1n) is 9.24. The topological polar surface area (TPSA) is 51.0 Å². The van der Waals surface area contributed by atoms with Gasteiger partial charge in [-0.25, -0.2) is 0 Å². The average Bonchev–Trinajstić information content (AvgIpc) is 3.31. The molecule has 0 bridgehead atoms. The Morgan fingerprint density at radius 2 is 1.92 bits per heavy atom. The molecule has 1 aromatic heterocycles. The van der Waals surface area contributed by atoms with Crippen LogP contribution in [-0.2, 0) is 11.8 Å². The molecule has 2 heterocycles. The number of hydrogen-bond acceptors (Lipinski definition) is 3. The van der Waals surface area contributed by atoms with Crippen LogP contribution in [0, 0.1) is 19.8 Å². The highest BCUT2D eigenvalue weighted by Gasteiger charge is 2.46. The van der Waals surface area contributed by atoms with Crippen molar-refractivity contribution in [1.82, 2.24) is 19.7 Å². The van der Waals surface area contributed by atoms with Gasteiger partial charge in [0.2, 0.25) is 5.91 Å². The molecule has 1 saturated carbocycles. The van der Waals surface area contributed by atoms with Gasteiger partial charge in [0.25, 0.3) is 0 Å². The van der Waals surface area contributed by atoms with E-state index in [-0.39, 0.29) is 5.92 Å². The van der Waals surface area contributed by atoms with Crippen molar-refractivity contribution in [3.05, 3.63) is 47.0 Å². The molecule has 5 heteroatoms. The van der Waals surface area contributed by atoms with Gasteiger partial charge < -0.3 is 9.47 Å². The van der Waals surface area contributed by atoms with Gasteiger partial charge in [-0.1, -0.05) is 18.2 Å². The zero-order chi connectivity index (χ0) is 17.6. The fourth-order valence-corrected chi connectivity index (χ4v) is 4.09. The second-order valence-electron chi connectivity index (χ2n) is 7.69. The summed E-state index contributed by atoms with van der Waals surface area (Å²) in [6.45, 7) is 5.96. The van der Waals surface area contributed by atoms with Crippen LogP contribution in [-0.4, -0.2) is 38.7 Å². The van der Waals surface area contributed by atoms with E-state index in [4.69, 9.17) is 0 Å². The zero-order valence-electron chi connectivity index (χ0n) is 15.3. The first-order chi connectivity index (χ1) is 12.0. The number of nitrogens with zero attached hydrogens (tertiary/aromatic N) is 4. The molecule has 0 unspecified atom stereocenters. The standard InChI is InChI=1S/C20H26N4O/c1-13-4-5-16(10-14(13)2)17-11-18(17)20(25)24-8-6-15(7-9-24)19-22-21-12-23(19)3/h4-5,10,12,15,17-18H,6-9,11H2,1-3H3/t17-,18+/m1/s1. The summed E-state index contributed by atoms with van der Waals surface area (Å²) < 4.78 is 2.00. The first kappa shape index (κ1) is 16.3.